The van der Waals surface area contributed by atoms with E-state index < -0.39 is 0 Å². The largest absolute Gasteiger partial charge is 0.483 e. The monoisotopic (exact) mass is 349 g/mol. The quantitative estimate of drug-likeness (QED) is 0.793. The van der Waals surface area contributed by atoms with Gasteiger partial charge in [0, 0.05) is 11.1 Å². The van der Waals surface area contributed by atoms with Gasteiger partial charge in [-0.1, -0.05) is 18.0 Å². The highest BCUT2D eigenvalue weighted by atomic mass is 35.5. The summed E-state index contributed by atoms with van der Waals surface area (Å²) in [6, 6.07) is 5.02. The maximum Gasteiger partial charge on any atom is 0.258 e. The maximum atomic E-state index is 12.2. The molecule has 3 rings (SSSR count). The van der Waals surface area contributed by atoms with Crippen LogP contribution in [0, 0.1) is 17.8 Å². The fourth-order valence-corrected chi connectivity index (χ4v) is 4.53. The Labute approximate surface area is 147 Å². The van der Waals surface area contributed by atoms with E-state index in [1.54, 1.807) is 18.2 Å². The summed E-state index contributed by atoms with van der Waals surface area (Å²) in [5, 5.41) is 3.54. The normalized spacial score (nSPS) is 26.2. The zero-order chi connectivity index (χ0) is 17.3. The average molecular weight is 350 g/mol. The highest BCUT2D eigenvalue weighted by Crippen LogP contribution is 2.49. The van der Waals surface area contributed by atoms with Gasteiger partial charge in [-0.25, -0.2) is 0 Å². The van der Waals surface area contributed by atoms with Crippen LogP contribution in [0.25, 0.3) is 0 Å². The van der Waals surface area contributed by atoms with Gasteiger partial charge in [-0.15, -0.1) is 0 Å². The number of carbonyl (C=O) groups is 2. The van der Waals surface area contributed by atoms with Crippen LogP contribution < -0.4 is 10.1 Å². The lowest BCUT2D eigenvalue weighted by molar-refractivity contribution is -0.124. The number of nitrogens with one attached hydrogen (secondary N) is 1. The Morgan fingerprint density at radius 3 is 2.75 bits per heavy atom. The summed E-state index contributed by atoms with van der Waals surface area (Å²) >= 11 is 5.91. The van der Waals surface area contributed by atoms with Crippen molar-refractivity contribution in [3.05, 3.63) is 28.8 Å². The molecular formula is C19H24ClNO3. The lowest BCUT2D eigenvalue weighted by Gasteiger charge is -2.28. The van der Waals surface area contributed by atoms with E-state index in [0.717, 1.165) is 11.8 Å². The van der Waals surface area contributed by atoms with Gasteiger partial charge in [0.2, 0.25) is 0 Å². The van der Waals surface area contributed by atoms with E-state index in [1.165, 1.54) is 32.6 Å². The Morgan fingerprint density at radius 2 is 2.12 bits per heavy atom. The Morgan fingerprint density at radius 1 is 1.33 bits per heavy atom. The van der Waals surface area contributed by atoms with Crippen LogP contribution >= 0.6 is 11.6 Å². The predicted octanol–water partition coefficient (Wildman–Crippen LogP) is 3.86. The highest BCUT2D eigenvalue weighted by Gasteiger charge is 2.42. The van der Waals surface area contributed by atoms with Crippen LogP contribution in [0.1, 0.15) is 49.9 Å². The molecule has 2 aliphatic carbocycles. The molecule has 0 saturated heterocycles. The van der Waals surface area contributed by atoms with Crippen molar-refractivity contribution in [3.63, 3.8) is 0 Å². The second-order valence-electron chi connectivity index (χ2n) is 7.18. The first-order valence-corrected chi connectivity index (χ1v) is 9.04. The van der Waals surface area contributed by atoms with E-state index >= 15 is 0 Å². The molecule has 5 heteroatoms. The first-order valence-electron chi connectivity index (χ1n) is 8.66. The third-order valence-corrected chi connectivity index (χ3v) is 5.74. The molecule has 0 spiro atoms. The molecule has 1 N–H and O–H groups in total. The van der Waals surface area contributed by atoms with E-state index in [2.05, 4.69) is 12.2 Å². The lowest BCUT2D eigenvalue weighted by Crippen LogP contribution is -2.42. The molecule has 1 aromatic carbocycles. The number of hydrogen-bond acceptors (Lipinski definition) is 3. The summed E-state index contributed by atoms with van der Waals surface area (Å²) in [6.45, 7) is 3.45. The van der Waals surface area contributed by atoms with Gasteiger partial charge >= 0.3 is 0 Å². The minimum atomic E-state index is -0.144. The van der Waals surface area contributed by atoms with Gasteiger partial charge in [-0.2, -0.15) is 0 Å². The number of Topliss-reactive ketones (excluding diaryl/α,β-unsaturated/α-hetero) is 1. The Hall–Kier alpha value is -1.55. The first kappa shape index (κ1) is 17.3. The smallest absolute Gasteiger partial charge is 0.258 e. The van der Waals surface area contributed by atoms with Crippen molar-refractivity contribution < 1.29 is 14.3 Å². The standard InChI is InChI=1S/C19H24ClNO3/c1-11(16-8-13-3-4-14(16)7-13)21-19(23)10-24-18-6-5-15(20)9-17(18)12(2)22/h5-6,9,11,13-14,16H,3-4,7-8,10H2,1-2H3,(H,21,23)/t11-,13+,14+,16+/m1/s1. The van der Waals surface area contributed by atoms with Crippen LogP contribution in [0.3, 0.4) is 0 Å². The average Bonchev–Trinajstić information content (AvgIpc) is 3.16. The summed E-state index contributed by atoms with van der Waals surface area (Å²) in [7, 11) is 0. The van der Waals surface area contributed by atoms with Gasteiger partial charge in [0.15, 0.2) is 12.4 Å². The van der Waals surface area contributed by atoms with Gasteiger partial charge in [0.05, 0.1) is 5.56 Å². The number of benzene rings is 1. The molecule has 0 heterocycles. The fourth-order valence-electron chi connectivity index (χ4n) is 4.36. The number of ether oxygens (including phenoxy) is 1. The molecule has 0 radical (unpaired) electrons. The zero-order valence-corrected chi connectivity index (χ0v) is 14.9. The van der Waals surface area contributed by atoms with Crippen LogP contribution in [0.4, 0.5) is 0 Å². The highest BCUT2D eigenvalue weighted by molar-refractivity contribution is 6.31. The summed E-state index contributed by atoms with van der Waals surface area (Å²) < 4.78 is 5.55. The first-order chi connectivity index (χ1) is 11.4. The molecule has 0 aliphatic heterocycles. The van der Waals surface area contributed by atoms with Crippen LogP contribution in [-0.2, 0) is 4.79 Å². The minimum absolute atomic E-state index is 0.0902. The molecular weight excluding hydrogens is 326 g/mol. The number of ketones is 1. The number of amides is 1. The molecule has 1 aromatic rings. The molecule has 4 atom stereocenters. The van der Waals surface area contributed by atoms with Gasteiger partial charge < -0.3 is 10.1 Å². The molecule has 24 heavy (non-hydrogen) atoms. The van der Waals surface area contributed by atoms with Crippen LogP contribution in [0.2, 0.25) is 5.02 Å². The van der Waals surface area contributed by atoms with Crippen molar-refractivity contribution in [2.45, 2.75) is 45.6 Å². The number of fused-ring (bicyclic) bond motifs is 2. The molecule has 2 bridgehead atoms. The summed E-state index contributed by atoms with van der Waals surface area (Å²) in [5.74, 6) is 2.35. The lowest BCUT2D eigenvalue weighted by atomic mass is 9.84. The van der Waals surface area contributed by atoms with Gasteiger partial charge in [0.25, 0.3) is 5.91 Å². The molecule has 1 amide bonds. The van der Waals surface area contributed by atoms with Crippen molar-refractivity contribution in [1.29, 1.82) is 0 Å². The number of hydrogen-bond donors (Lipinski definition) is 1. The van der Waals surface area contributed by atoms with E-state index in [9.17, 15) is 9.59 Å². The third kappa shape index (κ3) is 3.75. The molecule has 2 fully saturated rings. The van der Waals surface area contributed by atoms with E-state index in [1.807, 2.05) is 0 Å². The fraction of sp³-hybridized carbons (Fsp3) is 0.579. The predicted molar refractivity (Wildman–Crippen MR) is 93.5 cm³/mol. The SMILES string of the molecule is CC(=O)c1cc(Cl)ccc1OCC(=O)N[C@H](C)[C@@H]1C[C@H]2CC[C@H]1C2. The number of halogens is 1. The molecule has 0 aromatic heterocycles. The second-order valence-corrected chi connectivity index (χ2v) is 7.62. The van der Waals surface area contributed by atoms with E-state index in [0.29, 0.717) is 22.3 Å². The Bertz CT molecular complexity index is 645. The van der Waals surface area contributed by atoms with Crippen LogP contribution in [-0.4, -0.2) is 24.3 Å². The van der Waals surface area contributed by atoms with Gasteiger partial charge in [-0.3, -0.25) is 9.59 Å². The Balaban J connectivity index is 1.53. The molecule has 2 saturated carbocycles. The van der Waals surface area contributed by atoms with E-state index in [-0.39, 0.29) is 24.3 Å². The molecule has 130 valence electrons. The number of rotatable bonds is 6. The summed E-state index contributed by atoms with van der Waals surface area (Å²) in [4.78, 5) is 23.8. The summed E-state index contributed by atoms with van der Waals surface area (Å²) in [6.07, 6.45) is 5.22. The van der Waals surface area contributed by atoms with Gasteiger partial charge in [-0.05, 0) is 69.1 Å². The third-order valence-electron chi connectivity index (χ3n) is 5.50. The maximum absolute atomic E-state index is 12.2. The topological polar surface area (TPSA) is 55.4 Å². The van der Waals surface area contributed by atoms with Crippen molar-refractivity contribution in [2.75, 3.05) is 6.61 Å². The summed E-state index contributed by atoms with van der Waals surface area (Å²) in [5.41, 5.74) is 0.399. The van der Waals surface area contributed by atoms with Gasteiger partial charge in [0.1, 0.15) is 5.75 Å². The molecule has 0 unspecified atom stereocenters. The minimum Gasteiger partial charge on any atom is -0.483 e. The van der Waals surface area contributed by atoms with Crippen LogP contribution in [0.5, 0.6) is 5.75 Å². The zero-order valence-electron chi connectivity index (χ0n) is 14.2. The van der Waals surface area contributed by atoms with E-state index in [4.69, 9.17) is 16.3 Å². The van der Waals surface area contributed by atoms with Crippen molar-refractivity contribution in [3.8, 4) is 5.75 Å². The van der Waals surface area contributed by atoms with Crippen molar-refractivity contribution in [1.82, 2.24) is 5.32 Å². The number of carbonyl (C=O) groups excluding carboxylic acids is 2. The Kier molecular flexibility index (Phi) is 5.14. The molecule has 4 nitrogen and oxygen atoms in total. The van der Waals surface area contributed by atoms with Crippen molar-refractivity contribution >= 4 is 23.3 Å². The van der Waals surface area contributed by atoms with Crippen LogP contribution in [0.15, 0.2) is 18.2 Å². The second kappa shape index (κ2) is 7.14. The van der Waals surface area contributed by atoms with Crippen molar-refractivity contribution in [2.24, 2.45) is 17.8 Å². The molecule has 2 aliphatic rings.